The van der Waals surface area contributed by atoms with Crippen molar-refractivity contribution in [3.63, 3.8) is 0 Å². The van der Waals surface area contributed by atoms with Crippen LogP contribution in [-0.2, 0) is 14.8 Å². The van der Waals surface area contributed by atoms with Crippen molar-refractivity contribution in [2.24, 2.45) is 0 Å². The Labute approximate surface area is 248 Å². The van der Waals surface area contributed by atoms with Crippen molar-refractivity contribution in [1.82, 2.24) is 9.80 Å². The van der Waals surface area contributed by atoms with E-state index in [-0.39, 0.29) is 17.1 Å². The second kappa shape index (κ2) is 13.5. The lowest BCUT2D eigenvalue weighted by Crippen LogP contribution is -2.50. The van der Waals surface area contributed by atoms with Gasteiger partial charge in [0.1, 0.15) is 5.75 Å². The molecule has 1 amide bonds. The number of carbonyl (C=O) groups excluding carboxylic acids is 1. The van der Waals surface area contributed by atoms with Crippen molar-refractivity contribution < 1.29 is 22.7 Å². The molecule has 2 aliphatic rings. The highest BCUT2D eigenvalue weighted by atomic mass is 32.2. The fourth-order valence-electron chi connectivity index (χ4n) is 5.77. The number of piperidine rings is 2. The molecule has 222 valence electrons. The van der Waals surface area contributed by atoms with Crippen molar-refractivity contribution in [2.45, 2.75) is 43.0 Å². The minimum atomic E-state index is -4.25. The van der Waals surface area contributed by atoms with Crippen LogP contribution in [0.25, 0.3) is 12.2 Å². The van der Waals surface area contributed by atoms with E-state index in [0.717, 1.165) is 48.9 Å². The van der Waals surface area contributed by atoms with Gasteiger partial charge in [0.05, 0.1) is 24.2 Å². The van der Waals surface area contributed by atoms with Crippen LogP contribution in [-0.4, -0.2) is 70.0 Å². The average molecular weight is 591 g/mol. The Balaban J connectivity index is 1.42. The van der Waals surface area contributed by atoms with Gasteiger partial charge in [-0.25, -0.2) is 12.7 Å². The molecule has 3 heterocycles. The van der Waals surface area contributed by atoms with Crippen molar-refractivity contribution >= 4 is 33.8 Å². The first-order chi connectivity index (χ1) is 20.3. The Morgan fingerprint density at radius 1 is 0.952 bits per heavy atom. The molecule has 2 aliphatic heterocycles. The van der Waals surface area contributed by atoms with Crippen molar-refractivity contribution in [1.29, 1.82) is 0 Å². The topological polar surface area (TPSA) is 97.1 Å². The number of ether oxygens (including phenoxy) is 1. The zero-order valence-electron chi connectivity index (χ0n) is 24.0. The Morgan fingerprint density at radius 3 is 2.29 bits per heavy atom. The molecule has 5 rings (SSSR count). The van der Waals surface area contributed by atoms with E-state index in [2.05, 4.69) is 9.80 Å². The van der Waals surface area contributed by atoms with E-state index >= 15 is 0 Å². The standard InChI is InChI=1S/C32H38N4O5S/c1-41-29-11-13-30(14-12-29)42(39,40)36(31-8-4-3-7-27(31)10-9-26-15-23-35(38)24-16-26)32(37)25-33-21-17-28(18-22-33)34-19-5-2-6-20-34/h3-4,7-16,23-24,28H,2,5-6,17-22,25H2,1H3. The van der Waals surface area contributed by atoms with E-state index in [1.807, 2.05) is 0 Å². The number of hydrogen-bond donors (Lipinski definition) is 0. The number of pyridine rings is 1. The molecule has 3 aromatic rings. The second-order valence-corrected chi connectivity index (χ2v) is 12.6. The number of para-hydroxylation sites is 1. The van der Waals surface area contributed by atoms with E-state index in [1.165, 1.54) is 50.9 Å². The van der Waals surface area contributed by atoms with Gasteiger partial charge < -0.3 is 14.8 Å². The molecule has 0 aliphatic carbocycles. The molecule has 0 unspecified atom stereocenters. The Bertz CT molecular complexity index is 1480. The number of anilines is 1. The quantitative estimate of drug-likeness (QED) is 0.273. The summed E-state index contributed by atoms with van der Waals surface area (Å²) in [4.78, 5) is 18.7. The molecule has 0 spiro atoms. The summed E-state index contributed by atoms with van der Waals surface area (Å²) in [5.74, 6) is 0.0178. The molecule has 42 heavy (non-hydrogen) atoms. The number of aromatic nitrogens is 1. The number of nitrogens with zero attached hydrogens (tertiary/aromatic N) is 4. The number of likely N-dealkylation sites (tertiary alicyclic amines) is 2. The smallest absolute Gasteiger partial charge is 0.270 e. The second-order valence-electron chi connectivity index (χ2n) is 10.8. The van der Waals surface area contributed by atoms with Gasteiger partial charge in [0.15, 0.2) is 12.4 Å². The summed E-state index contributed by atoms with van der Waals surface area (Å²) in [5.41, 5.74) is 1.60. The lowest BCUT2D eigenvalue weighted by molar-refractivity contribution is -0.605. The average Bonchev–Trinajstić information content (AvgIpc) is 3.02. The van der Waals surface area contributed by atoms with Gasteiger partial charge in [-0.1, -0.05) is 36.8 Å². The van der Waals surface area contributed by atoms with Crippen LogP contribution in [0.2, 0.25) is 0 Å². The summed E-state index contributed by atoms with van der Waals surface area (Å²) in [7, 11) is -2.74. The fraction of sp³-hybridized carbons (Fsp3) is 0.375. The van der Waals surface area contributed by atoms with E-state index in [1.54, 1.807) is 60.7 Å². The van der Waals surface area contributed by atoms with Crippen LogP contribution in [0.3, 0.4) is 0 Å². The minimum absolute atomic E-state index is 0.00213. The van der Waals surface area contributed by atoms with Crippen LogP contribution < -0.4 is 13.8 Å². The zero-order valence-corrected chi connectivity index (χ0v) is 24.8. The van der Waals surface area contributed by atoms with E-state index < -0.39 is 15.9 Å². The molecule has 10 heteroatoms. The Kier molecular flexibility index (Phi) is 9.56. The molecule has 0 radical (unpaired) electrons. The summed E-state index contributed by atoms with van der Waals surface area (Å²) in [6.07, 6.45) is 12.1. The molecule has 0 saturated carbocycles. The maximum Gasteiger partial charge on any atom is 0.270 e. The highest BCUT2D eigenvalue weighted by Gasteiger charge is 2.34. The lowest BCUT2D eigenvalue weighted by Gasteiger charge is -2.40. The van der Waals surface area contributed by atoms with Gasteiger partial charge in [0.25, 0.3) is 15.9 Å². The number of rotatable bonds is 9. The molecular formula is C32H38N4O5S. The first-order valence-electron chi connectivity index (χ1n) is 14.5. The van der Waals surface area contributed by atoms with E-state index in [0.29, 0.717) is 22.1 Å². The number of hydrogen-bond acceptors (Lipinski definition) is 7. The van der Waals surface area contributed by atoms with Gasteiger partial charge in [0, 0.05) is 31.3 Å². The molecule has 1 aromatic heterocycles. The molecule has 2 aromatic carbocycles. The molecular weight excluding hydrogens is 552 g/mol. The SMILES string of the molecule is COc1ccc(S(=O)(=O)N(C(=O)CN2CCC(N3CCCCC3)CC2)c2ccccc2C=Cc2cc[n+]([O-])cc2)cc1. The summed E-state index contributed by atoms with van der Waals surface area (Å²) >= 11 is 0. The number of sulfonamides is 1. The molecule has 0 atom stereocenters. The largest absolute Gasteiger partial charge is 0.619 e. The van der Waals surface area contributed by atoms with Crippen molar-refractivity contribution in [2.75, 3.05) is 44.1 Å². The van der Waals surface area contributed by atoms with Crippen LogP contribution in [0.5, 0.6) is 5.75 Å². The highest BCUT2D eigenvalue weighted by Crippen LogP contribution is 2.30. The molecule has 0 N–H and O–H groups in total. The molecule has 2 fully saturated rings. The van der Waals surface area contributed by atoms with Gasteiger partial charge >= 0.3 is 0 Å². The van der Waals surface area contributed by atoms with Crippen LogP contribution in [0.1, 0.15) is 43.2 Å². The summed E-state index contributed by atoms with van der Waals surface area (Å²) in [6, 6.07) is 16.9. The Hall–Kier alpha value is -3.73. The third-order valence-corrected chi connectivity index (χ3v) is 9.83. The molecule has 2 saturated heterocycles. The van der Waals surface area contributed by atoms with Gasteiger partial charge in [0.2, 0.25) is 0 Å². The van der Waals surface area contributed by atoms with Gasteiger partial charge in [-0.2, -0.15) is 4.73 Å². The lowest BCUT2D eigenvalue weighted by atomic mass is 10.00. The van der Waals surface area contributed by atoms with Crippen LogP contribution in [0.15, 0.2) is 78.0 Å². The summed E-state index contributed by atoms with van der Waals surface area (Å²) < 4.78 is 35.1. The first kappa shape index (κ1) is 29.8. The number of benzene rings is 2. The molecule has 9 nitrogen and oxygen atoms in total. The third-order valence-electron chi connectivity index (χ3n) is 8.09. The van der Waals surface area contributed by atoms with Crippen molar-refractivity contribution in [3.05, 3.63) is 89.4 Å². The Morgan fingerprint density at radius 2 is 1.62 bits per heavy atom. The van der Waals surface area contributed by atoms with Gasteiger partial charge in [-0.05, 0) is 80.2 Å². The summed E-state index contributed by atoms with van der Waals surface area (Å²) in [6.45, 7) is 3.78. The zero-order chi connectivity index (χ0) is 29.5. The van der Waals surface area contributed by atoms with Crippen LogP contribution in [0, 0.1) is 5.21 Å². The summed E-state index contributed by atoms with van der Waals surface area (Å²) in [5, 5.41) is 11.4. The maximum atomic E-state index is 14.1. The van der Waals surface area contributed by atoms with Gasteiger partial charge in [-0.15, -0.1) is 0 Å². The normalized spacial score (nSPS) is 17.4. The monoisotopic (exact) mass is 590 g/mol. The number of amides is 1. The number of methoxy groups -OCH3 is 1. The van der Waals surface area contributed by atoms with E-state index in [4.69, 9.17) is 4.74 Å². The number of carbonyl (C=O) groups is 1. The van der Waals surface area contributed by atoms with Crippen molar-refractivity contribution in [3.8, 4) is 5.75 Å². The predicted octanol–water partition coefficient (Wildman–Crippen LogP) is 4.17. The third kappa shape index (κ3) is 7.00. The van der Waals surface area contributed by atoms with Gasteiger partial charge in [-0.3, -0.25) is 9.69 Å². The minimum Gasteiger partial charge on any atom is -0.619 e. The first-order valence-corrected chi connectivity index (χ1v) is 15.9. The highest BCUT2D eigenvalue weighted by molar-refractivity contribution is 7.93. The molecule has 0 bridgehead atoms. The predicted molar refractivity (Wildman–Crippen MR) is 163 cm³/mol. The maximum absolute atomic E-state index is 14.1. The van der Waals surface area contributed by atoms with Crippen LogP contribution in [0.4, 0.5) is 5.69 Å². The fourth-order valence-corrected chi connectivity index (χ4v) is 7.21. The van der Waals surface area contributed by atoms with E-state index in [9.17, 15) is 18.4 Å². The van der Waals surface area contributed by atoms with Crippen LogP contribution >= 0.6 is 0 Å².